The molecule has 0 aliphatic heterocycles. The lowest BCUT2D eigenvalue weighted by Gasteiger charge is -2.20. The lowest BCUT2D eigenvalue weighted by molar-refractivity contribution is -0.137. The van der Waals surface area contributed by atoms with Gasteiger partial charge in [0, 0.05) is 0 Å². The average Bonchev–Trinajstić information content (AvgIpc) is 2.95. The third-order valence-electron chi connectivity index (χ3n) is 3.42. The minimum atomic E-state index is -4.35. The second-order valence-electron chi connectivity index (χ2n) is 5.33. The molecule has 1 heterocycles. The Morgan fingerprint density at radius 3 is 2.17 bits per heavy atom. The van der Waals surface area contributed by atoms with Crippen LogP contribution in [0.4, 0.5) is 13.2 Å². The third kappa shape index (κ3) is 4.51. The molecule has 0 unspecified atom stereocenters. The Morgan fingerprint density at radius 2 is 1.65 bits per heavy atom. The average molecular weight is 327 g/mol. The number of alkyl halides is 3. The summed E-state index contributed by atoms with van der Waals surface area (Å²) in [6.07, 6.45) is -2.31. The Hall–Kier alpha value is -1.96. The number of hydrogen-bond donors (Lipinski definition) is 0. The molecular formula is C15H20F3N5. The number of rotatable bonds is 7. The van der Waals surface area contributed by atoms with E-state index < -0.39 is 11.7 Å². The largest absolute Gasteiger partial charge is 0.416 e. The van der Waals surface area contributed by atoms with Crippen molar-refractivity contribution in [2.24, 2.45) is 0 Å². The molecule has 2 rings (SSSR count). The number of halogens is 3. The van der Waals surface area contributed by atoms with Crippen molar-refractivity contribution in [3.05, 3.63) is 35.7 Å². The molecule has 0 amide bonds. The molecule has 0 bridgehead atoms. The quantitative estimate of drug-likeness (QED) is 0.783. The SMILES string of the molecule is CCCN(CCC)Cc1nnnn1-c1ccc(C(F)(F)F)cc1. The molecule has 8 heteroatoms. The number of benzene rings is 1. The summed E-state index contributed by atoms with van der Waals surface area (Å²) < 4.78 is 39.4. The van der Waals surface area contributed by atoms with Crippen molar-refractivity contribution in [1.29, 1.82) is 0 Å². The fraction of sp³-hybridized carbons (Fsp3) is 0.533. The minimum absolute atomic E-state index is 0.519. The summed E-state index contributed by atoms with van der Waals surface area (Å²) in [5.74, 6) is 0.617. The van der Waals surface area contributed by atoms with Crippen molar-refractivity contribution < 1.29 is 13.2 Å². The van der Waals surface area contributed by atoms with Gasteiger partial charge in [-0.1, -0.05) is 13.8 Å². The van der Waals surface area contributed by atoms with Crippen LogP contribution < -0.4 is 0 Å². The second-order valence-corrected chi connectivity index (χ2v) is 5.33. The van der Waals surface area contributed by atoms with Crippen molar-refractivity contribution in [2.45, 2.75) is 39.4 Å². The van der Waals surface area contributed by atoms with Crippen LogP contribution in [-0.2, 0) is 12.7 Å². The van der Waals surface area contributed by atoms with Crippen molar-refractivity contribution in [1.82, 2.24) is 25.1 Å². The predicted molar refractivity (Wildman–Crippen MR) is 80.0 cm³/mol. The summed E-state index contributed by atoms with van der Waals surface area (Å²) in [4.78, 5) is 2.23. The van der Waals surface area contributed by atoms with Crippen LogP contribution in [0.1, 0.15) is 38.1 Å². The van der Waals surface area contributed by atoms with Gasteiger partial charge in [-0.3, -0.25) is 4.90 Å². The molecule has 1 aromatic heterocycles. The Balaban J connectivity index is 2.20. The highest BCUT2D eigenvalue weighted by Gasteiger charge is 2.30. The van der Waals surface area contributed by atoms with Crippen LogP contribution in [0, 0.1) is 0 Å². The van der Waals surface area contributed by atoms with Crippen molar-refractivity contribution in [3.8, 4) is 5.69 Å². The summed E-state index contributed by atoms with van der Waals surface area (Å²) in [5.41, 5.74) is -0.166. The molecule has 0 saturated heterocycles. The molecular weight excluding hydrogens is 307 g/mol. The molecule has 0 radical (unpaired) electrons. The van der Waals surface area contributed by atoms with E-state index in [1.165, 1.54) is 16.8 Å². The maximum atomic E-state index is 12.6. The Bertz CT molecular complexity index is 600. The monoisotopic (exact) mass is 327 g/mol. The Morgan fingerprint density at radius 1 is 1.04 bits per heavy atom. The standard InChI is InChI=1S/C15H20F3N5/c1-3-9-22(10-4-2)11-14-19-20-21-23(14)13-7-5-12(6-8-13)15(16,17)18/h5-8H,3-4,9-11H2,1-2H3. The van der Waals surface area contributed by atoms with E-state index in [-0.39, 0.29) is 0 Å². The lowest BCUT2D eigenvalue weighted by Crippen LogP contribution is -2.26. The van der Waals surface area contributed by atoms with E-state index in [0.717, 1.165) is 38.1 Å². The van der Waals surface area contributed by atoms with Crippen molar-refractivity contribution in [3.63, 3.8) is 0 Å². The fourth-order valence-electron chi connectivity index (χ4n) is 2.40. The topological polar surface area (TPSA) is 46.8 Å². The summed E-state index contributed by atoms with van der Waals surface area (Å²) in [6.45, 7) is 6.61. The zero-order valence-corrected chi connectivity index (χ0v) is 13.2. The predicted octanol–water partition coefficient (Wildman–Crippen LogP) is 3.30. The van der Waals surface area contributed by atoms with Gasteiger partial charge in [0.25, 0.3) is 0 Å². The number of hydrogen-bond acceptors (Lipinski definition) is 4. The molecule has 1 aromatic carbocycles. The first kappa shape index (κ1) is 17.4. The molecule has 0 aliphatic carbocycles. The highest BCUT2D eigenvalue weighted by Crippen LogP contribution is 2.29. The first-order chi connectivity index (χ1) is 11.0. The second kappa shape index (κ2) is 7.54. The number of nitrogens with zero attached hydrogens (tertiary/aromatic N) is 5. The zero-order chi connectivity index (χ0) is 16.9. The smallest absolute Gasteiger partial charge is 0.296 e. The highest BCUT2D eigenvalue weighted by atomic mass is 19.4. The number of tetrazole rings is 1. The van der Waals surface area contributed by atoms with Gasteiger partial charge in [-0.25, -0.2) is 0 Å². The zero-order valence-electron chi connectivity index (χ0n) is 13.2. The molecule has 0 aliphatic rings. The third-order valence-corrected chi connectivity index (χ3v) is 3.42. The summed E-state index contributed by atoms with van der Waals surface area (Å²) in [5, 5.41) is 11.6. The summed E-state index contributed by atoms with van der Waals surface area (Å²) in [7, 11) is 0. The molecule has 5 nitrogen and oxygen atoms in total. The molecule has 0 saturated carbocycles. The van der Waals surface area contributed by atoms with E-state index in [4.69, 9.17) is 0 Å². The maximum Gasteiger partial charge on any atom is 0.416 e. The van der Waals surface area contributed by atoms with Gasteiger partial charge in [-0.15, -0.1) is 5.10 Å². The van der Waals surface area contributed by atoms with Crippen LogP contribution in [0.5, 0.6) is 0 Å². The van der Waals surface area contributed by atoms with Gasteiger partial charge >= 0.3 is 6.18 Å². The van der Waals surface area contributed by atoms with Crippen LogP contribution in [-0.4, -0.2) is 38.2 Å². The number of aromatic nitrogens is 4. The van der Waals surface area contributed by atoms with Crippen LogP contribution in [0.15, 0.2) is 24.3 Å². The van der Waals surface area contributed by atoms with Crippen molar-refractivity contribution in [2.75, 3.05) is 13.1 Å². The Kier molecular flexibility index (Phi) is 5.70. The van der Waals surface area contributed by atoms with Gasteiger partial charge in [0.1, 0.15) is 0 Å². The molecule has 23 heavy (non-hydrogen) atoms. The molecule has 0 fully saturated rings. The normalized spacial score (nSPS) is 12.1. The van der Waals surface area contributed by atoms with Gasteiger partial charge in [0.2, 0.25) is 0 Å². The van der Waals surface area contributed by atoms with E-state index in [1.54, 1.807) is 0 Å². The van der Waals surface area contributed by atoms with Gasteiger partial charge in [0.15, 0.2) is 5.82 Å². The Labute approximate surface area is 133 Å². The van der Waals surface area contributed by atoms with E-state index in [2.05, 4.69) is 34.3 Å². The lowest BCUT2D eigenvalue weighted by atomic mass is 10.2. The van der Waals surface area contributed by atoms with E-state index >= 15 is 0 Å². The maximum absolute atomic E-state index is 12.6. The first-order valence-corrected chi connectivity index (χ1v) is 7.63. The van der Waals surface area contributed by atoms with Gasteiger partial charge < -0.3 is 0 Å². The van der Waals surface area contributed by atoms with Crippen molar-refractivity contribution >= 4 is 0 Å². The fourth-order valence-corrected chi connectivity index (χ4v) is 2.40. The van der Waals surface area contributed by atoms with E-state index in [9.17, 15) is 13.2 Å². The highest BCUT2D eigenvalue weighted by molar-refractivity contribution is 5.35. The molecule has 2 aromatic rings. The molecule has 0 atom stereocenters. The van der Waals surface area contributed by atoms with Gasteiger partial charge in [-0.2, -0.15) is 17.9 Å². The molecule has 126 valence electrons. The summed E-state index contributed by atoms with van der Waals surface area (Å²) in [6, 6.07) is 4.84. The van der Waals surface area contributed by atoms with Crippen LogP contribution >= 0.6 is 0 Å². The molecule has 0 N–H and O–H groups in total. The minimum Gasteiger partial charge on any atom is -0.296 e. The van der Waals surface area contributed by atoms with Crippen LogP contribution in [0.25, 0.3) is 5.69 Å². The van der Waals surface area contributed by atoms with Crippen LogP contribution in [0.3, 0.4) is 0 Å². The van der Waals surface area contributed by atoms with Crippen LogP contribution in [0.2, 0.25) is 0 Å². The summed E-state index contributed by atoms with van der Waals surface area (Å²) >= 11 is 0. The van der Waals surface area contributed by atoms with Gasteiger partial charge in [0.05, 0.1) is 17.8 Å². The van der Waals surface area contributed by atoms with E-state index in [0.29, 0.717) is 18.1 Å². The molecule has 0 spiro atoms. The van der Waals surface area contributed by atoms with E-state index in [1.807, 2.05) is 0 Å². The first-order valence-electron chi connectivity index (χ1n) is 7.63. The van der Waals surface area contributed by atoms with Gasteiger partial charge in [-0.05, 0) is 60.6 Å².